The molecule has 5 nitrogen and oxygen atoms in total. The fourth-order valence-electron chi connectivity index (χ4n) is 2.25. The normalized spacial score (nSPS) is 19.6. The topological polar surface area (TPSA) is 50.8 Å². The van der Waals surface area contributed by atoms with Crippen molar-refractivity contribution in [2.75, 3.05) is 40.4 Å². The highest BCUT2D eigenvalue weighted by Gasteiger charge is 2.18. The highest BCUT2D eigenvalue weighted by Crippen LogP contribution is 2.12. The van der Waals surface area contributed by atoms with Crippen molar-refractivity contribution in [2.24, 2.45) is 0 Å². The standard InChI is InChI=1S/C15H22N2O3/c1-17-6-7-20-14(11-17)10-16-15(18)9-12-4-3-5-13(8-12)19-2/h3-5,8,14H,6-7,9-11H2,1-2H3,(H,16,18). The molecule has 2 rings (SSSR count). The largest absolute Gasteiger partial charge is 0.497 e. The van der Waals surface area contributed by atoms with Crippen LogP contribution in [0.25, 0.3) is 0 Å². The Morgan fingerprint density at radius 2 is 2.40 bits per heavy atom. The molecule has 20 heavy (non-hydrogen) atoms. The Morgan fingerprint density at radius 3 is 3.15 bits per heavy atom. The molecule has 1 aromatic rings. The van der Waals surface area contributed by atoms with Gasteiger partial charge in [-0.25, -0.2) is 0 Å². The number of benzene rings is 1. The monoisotopic (exact) mass is 278 g/mol. The van der Waals surface area contributed by atoms with Crippen LogP contribution >= 0.6 is 0 Å². The number of morpholine rings is 1. The number of methoxy groups -OCH3 is 1. The Morgan fingerprint density at radius 1 is 1.55 bits per heavy atom. The van der Waals surface area contributed by atoms with E-state index in [1.54, 1.807) is 7.11 Å². The number of rotatable bonds is 5. The van der Waals surface area contributed by atoms with Crippen molar-refractivity contribution < 1.29 is 14.3 Å². The molecule has 0 saturated carbocycles. The number of hydrogen-bond donors (Lipinski definition) is 1. The lowest BCUT2D eigenvalue weighted by Gasteiger charge is -2.30. The number of carbonyl (C=O) groups excluding carboxylic acids is 1. The van der Waals surface area contributed by atoms with Crippen molar-refractivity contribution in [3.05, 3.63) is 29.8 Å². The van der Waals surface area contributed by atoms with Gasteiger partial charge in [-0.3, -0.25) is 4.79 Å². The zero-order valence-electron chi connectivity index (χ0n) is 12.1. The lowest BCUT2D eigenvalue weighted by Crippen LogP contribution is -2.46. The predicted molar refractivity (Wildman–Crippen MR) is 76.9 cm³/mol. The minimum Gasteiger partial charge on any atom is -0.497 e. The van der Waals surface area contributed by atoms with Gasteiger partial charge in [0.1, 0.15) is 5.75 Å². The molecule has 5 heteroatoms. The van der Waals surface area contributed by atoms with Crippen LogP contribution in [0.2, 0.25) is 0 Å². The summed E-state index contributed by atoms with van der Waals surface area (Å²) >= 11 is 0. The van der Waals surface area contributed by atoms with Crippen LogP contribution in [0.3, 0.4) is 0 Å². The van der Waals surface area contributed by atoms with E-state index in [0.29, 0.717) is 13.0 Å². The Hall–Kier alpha value is -1.59. The van der Waals surface area contributed by atoms with Gasteiger partial charge in [-0.15, -0.1) is 0 Å². The molecule has 1 atom stereocenters. The van der Waals surface area contributed by atoms with Gasteiger partial charge >= 0.3 is 0 Å². The van der Waals surface area contributed by atoms with Crippen LogP contribution < -0.4 is 10.1 Å². The van der Waals surface area contributed by atoms with Crippen LogP contribution in [0.5, 0.6) is 5.75 Å². The van der Waals surface area contributed by atoms with E-state index < -0.39 is 0 Å². The van der Waals surface area contributed by atoms with Crippen molar-refractivity contribution in [1.29, 1.82) is 0 Å². The van der Waals surface area contributed by atoms with Gasteiger partial charge in [-0.1, -0.05) is 12.1 Å². The first-order chi connectivity index (χ1) is 9.67. The van der Waals surface area contributed by atoms with Gasteiger partial charge in [0.25, 0.3) is 0 Å². The number of ether oxygens (including phenoxy) is 2. The summed E-state index contributed by atoms with van der Waals surface area (Å²) in [6.07, 6.45) is 0.447. The van der Waals surface area contributed by atoms with E-state index in [0.717, 1.165) is 31.0 Å². The average Bonchev–Trinajstić information content (AvgIpc) is 2.45. The van der Waals surface area contributed by atoms with Gasteiger partial charge in [0.15, 0.2) is 0 Å². The van der Waals surface area contributed by atoms with E-state index in [1.807, 2.05) is 24.3 Å². The van der Waals surface area contributed by atoms with Crippen molar-refractivity contribution in [3.8, 4) is 5.75 Å². The van der Waals surface area contributed by atoms with Gasteiger partial charge in [-0.2, -0.15) is 0 Å². The van der Waals surface area contributed by atoms with Crippen LogP contribution in [0.1, 0.15) is 5.56 Å². The number of likely N-dealkylation sites (N-methyl/N-ethyl adjacent to an activating group) is 1. The van der Waals surface area contributed by atoms with Crippen LogP contribution in [0, 0.1) is 0 Å². The predicted octanol–water partition coefficient (Wildman–Crippen LogP) is 0.685. The molecule has 110 valence electrons. The van der Waals surface area contributed by atoms with E-state index in [2.05, 4.69) is 17.3 Å². The highest BCUT2D eigenvalue weighted by atomic mass is 16.5. The maximum absolute atomic E-state index is 11.9. The minimum atomic E-state index is 0.00933. The Bertz CT molecular complexity index is 450. The fraction of sp³-hybridized carbons (Fsp3) is 0.533. The van der Waals surface area contributed by atoms with E-state index in [4.69, 9.17) is 9.47 Å². The second kappa shape index (κ2) is 7.26. The number of carbonyl (C=O) groups is 1. The number of amides is 1. The summed E-state index contributed by atoms with van der Waals surface area (Å²) < 4.78 is 10.8. The van der Waals surface area contributed by atoms with E-state index in [9.17, 15) is 4.79 Å². The van der Waals surface area contributed by atoms with Crippen molar-refractivity contribution in [3.63, 3.8) is 0 Å². The van der Waals surface area contributed by atoms with Crippen LogP contribution in [-0.4, -0.2) is 57.3 Å². The summed E-state index contributed by atoms with van der Waals surface area (Å²) in [5, 5.41) is 2.93. The molecule has 0 aliphatic carbocycles. The van der Waals surface area contributed by atoms with Gasteiger partial charge < -0.3 is 19.7 Å². The lowest BCUT2D eigenvalue weighted by molar-refractivity contribution is -0.121. The Kier molecular flexibility index (Phi) is 5.38. The van der Waals surface area contributed by atoms with Crippen LogP contribution in [0.15, 0.2) is 24.3 Å². The third-order valence-corrected chi connectivity index (χ3v) is 3.37. The molecule has 1 fully saturated rings. The average molecular weight is 278 g/mol. The van der Waals surface area contributed by atoms with Crippen LogP contribution in [-0.2, 0) is 16.0 Å². The maximum Gasteiger partial charge on any atom is 0.224 e. The highest BCUT2D eigenvalue weighted by molar-refractivity contribution is 5.78. The van der Waals surface area contributed by atoms with E-state index >= 15 is 0 Å². The van der Waals surface area contributed by atoms with Gasteiger partial charge in [-0.05, 0) is 24.7 Å². The molecule has 1 aromatic carbocycles. The first kappa shape index (κ1) is 14.8. The van der Waals surface area contributed by atoms with Crippen LogP contribution in [0.4, 0.5) is 0 Å². The molecule has 1 aliphatic rings. The first-order valence-electron chi connectivity index (χ1n) is 6.87. The lowest BCUT2D eigenvalue weighted by atomic mass is 10.1. The maximum atomic E-state index is 11.9. The molecule has 1 N–H and O–H groups in total. The Labute approximate surface area is 119 Å². The molecule has 0 spiro atoms. The zero-order valence-corrected chi connectivity index (χ0v) is 12.1. The molecule has 1 unspecified atom stereocenters. The quantitative estimate of drug-likeness (QED) is 0.861. The van der Waals surface area contributed by atoms with Crippen molar-refractivity contribution >= 4 is 5.91 Å². The zero-order chi connectivity index (χ0) is 14.4. The SMILES string of the molecule is COc1cccc(CC(=O)NCC2CN(C)CCO2)c1. The van der Waals surface area contributed by atoms with Gasteiger partial charge in [0, 0.05) is 19.6 Å². The number of nitrogens with one attached hydrogen (secondary N) is 1. The third kappa shape index (κ3) is 4.51. The minimum absolute atomic E-state index is 0.00933. The van der Waals surface area contributed by atoms with Gasteiger partial charge in [0.05, 0.1) is 26.2 Å². The second-order valence-corrected chi connectivity index (χ2v) is 5.09. The first-order valence-corrected chi connectivity index (χ1v) is 6.87. The molecular weight excluding hydrogens is 256 g/mol. The summed E-state index contributed by atoms with van der Waals surface area (Å²) in [7, 11) is 3.68. The molecule has 1 amide bonds. The summed E-state index contributed by atoms with van der Waals surface area (Å²) in [6.45, 7) is 3.10. The molecule has 1 heterocycles. The van der Waals surface area contributed by atoms with Crippen molar-refractivity contribution in [1.82, 2.24) is 10.2 Å². The summed E-state index contributed by atoms with van der Waals surface area (Å²) in [4.78, 5) is 14.1. The van der Waals surface area contributed by atoms with E-state index in [1.165, 1.54) is 0 Å². The molecule has 0 bridgehead atoms. The smallest absolute Gasteiger partial charge is 0.224 e. The molecule has 1 aliphatic heterocycles. The van der Waals surface area contributed by atoms with Crippen molar-refractivity contribution in [2.45, 2.75) is 12.5 Å². The van der Waals surface area contributed by atoms with Gasteiger partial charge in [0.2, 0.25) is 5.91 Å². The summed E-state index contributed by atoms with van der Waals surface area (Å²) in [5.74, 6) is 0.780. The Balaban J connectivity index is 1.77. The summed E-state index contributed by atoms with van der Waals surface area (Å²) in [5.41, 5.74) is 0.948. The third-order valence-electron chi connectivity index (χ3n) is 3.37. The fourth-order valence-corrected chi connectivity index (χ4v) is 2.25. The van der Waals surface area contributed by atoms with E-state index in [-0.39, 0.29) is 12.0 Å². The number of hydrogen-bond acceptors (Lipinski definition) is 4. The molecule has 0 radical (unpaired) electrons. The second-order valence-electron chi connectivity index (χ2n) is 5.09. The number of nitrogens with zero attached hydrogens (tertiary/aromatic N) is 1. The molecule has 1 saturated heterocycles. The summed E-state index contributed by atoms with van der Waals surface area (Å²) in [6, 6.07) is 7.56. The molecular formula is C15H22N2O3. The molecule has 0 aromatic heterocycles.